The molecule has 0 aliphatic carbocycles. The van der Waals surface area contributed by atoms with Crippen molar-refractivity contribution in [3.8, 4) is 0 Å². The molecule has 2 rings (SSSR count). The van der Waals surface area contributed by atoms with Crippen LogP contribution >= 0.6 is 0 Å². The van der Waals surface area contributed by atoms with E-state index < -0.39 is 17.9 Å². The lowest BCUT2D eigenvalue weighted by molar-refractivity contribution is -0.139. The zero-order valence-corrected chi connectivity index (χ0v) is 11.8. The minimum atomic E-state index is -1.09. The molecule has 0 unspecified atom stereocenters. The minimum Gasteiger partial charge on any atom is -0.480 e. The molecule has 2 N–H and O–H groups in total. The zero-order chi connectivity index (χ0) is 15.4. The molecule has 0 aliphatic rings. The molecule has 0 fully saturated rings. The number of aromatic nitrogens is 3. The third kappa shape index (κ3) is 3.44. The topological polar surface area (TPSA) is 97.1 Å². The van der Waals surface area contributed by atoms with Crippen LogP contribution in [-0.4, -0.2) is 38.0 Å². The molecule has 0 bridgehead atoms. The number of hydrogen-bond acceptors (Lipinski definition) is 4. The van der Waals surface area contributed by atoms with Crippen molar-refractivity contribution in [1.82, 2.24) is 20.3 Å². The van der Waals surface area contributed by atoms with E-state index in [9.17, 15) is 14.7 Å². The smallest absolute Gasteiger partial charge is 0.326 e. The second-order valence-corrected chi connectivity index (χ2v) is 4.70. The molecule has 1 amide bonds. The summed E-state index contributed by atoms with van der Waals surface area (Å²) >= 11 is 0. The number of rotatable bonds is 5. The number of nitrogens with zero attached hydrogens (tertiary/aromatic N) is 3. The molecule has 2 aromatic rings. The van der Waals surface area contributed by atoms with Gasteiger partial charge in [0.2, 0.25) is 0 Å². The lowest BCUT2D eigenvalue weighted by Gasteiger charge is -2.14. The fourth-order valence-electron chi connectivity index (χ4n) is 1.89. The highest BCUT2D eigenvalue weighted by Gasteiger charge is 2.23. The highest BCUT2D eigenvalue weighted by Crippen LogP contribution is 2.06. The Morgan fingerprint density at radius 3 is 2.52 bits per heavy atom. The van der Waals surface area contributed by atoms with Crippen molar-refractivity contribution < 1.29 is 14.7 Å². The van der Waals surface area contributed by atoms with Gasteiger partial charge in [-0.25, -0.2) is 4.79 Å². The standard InChI is InChI=1S/C14H16N4O3/c1-9-12(16-17-18(9)2)13(19)15-11(14(20)21)8-10-6-4-3-5-7-10/h3-7,11H,8H2,1-2H3,(H,15,19)(H,20,21)/t11-/m1/s1. The van der Waals surface area contributed by atoms with Crippen LogP contribution in [0.15, 0.2) is 30.3 Å². The molecule has 1 aromatic heterocycles. The molecular formula is C14H16N4O3. The van der Waals surface area contributed by atoms with Crippen molar-refractivity contribution >= 4 is 11.9 Å². The predicted molar refractivity (Wildman–Crippen MR) is 74.8 cm³/mol. The highest BCUT2D eigenvalue weighted by molar-refractivity contribution is 5.95. The quantitative estimate of drug-likeness (QED) is 0.837. The lowest BCUT2D eigenvalue weighted by Crippen LogP contribution is -2.42. The Hall–Kier alpha value is -2.70. The van der Waals surface area contributed by atoms with Gasteiger partial charge < -0.3 is 10.4 Å². The van der Waals surface area contributed by atoms with Gasteiger partial charge in [0, 0.05) is 13.5 Å². The van der Waals surface area contributed by atoms with Gasteiger partial charge in [-0.1, -0.05) is 35.5 Å². The first-order chi connectivity index (χ1) is 9.99. The molecule has 0 saturated carbocycles. The van der Waals surface area contributed by atoms with Crippen molar-refractivity contribution in [3.05, 3.63) is 47.3 Å². The average Bonchev–Trinajstić information content (AvgIpc) is 2.79. The van der Waals surface area contributed by atoms with E-state index in [1.54, 1.807) is 14.0 Å². The van der Waals surface area contributed by atoms with Gasteiger partial charge in [0.05, 0.1) is 5.69 Å². The van der Waals surface area contributed by atoms with Gasteiger partial charge >= 0.3 is 5.97 Å². The molecule has 0 spiro atoms. The normalized spacial score (nSPS) is 11.9. The first kappa shape index (κ1) is 14.7. The predicted octanol–water partition coefficient (Wildman–Crippen LogP) is 0.549. The summed E-state index contributed by atoms with van der Waals surface area (Å²) in [5.41, 5.74) is 1.55. The first-order valence-corrected chi connectivity index (χ1v) is 6.43. The molecule has 1 heterocycles. The zero-order valence-electron chi connectivity index (χ0n) is 11.8. The van der Waals surface area contributed by atoms with Crippen LogP contribution in [0.1, 0.15) is 21.7 Å². The van der Waals surface area contributed by atoms with E-state index in [4.69, 9.17) is 0 Å². The van der Waals surface area contributed by atoms with Gasteiger partial charge in [-0.15, -0.1) is 5.10 Å². The van der Waals surface area contributed by atoms with Crippen LogP contribution in [-0.2, 0) is 18.3 Å². The van der Waals surface area contributed by atoms with Crippen LogP contribution in [0.3, 0.4) is 0 Å². The number of aryl methyl sites for hydroxylation is 1. The van der Waals surface area contributed by atoms with E-state index in [-0.39, 0.29) is 12.1 Å². The molecule has 7 nitrogen and oxygen atoms in total. The lowest BCUT2D eigenvalue weighted by atomic mass is 10.1. The Balaban J connectivity index is 2.11. The summed E-state index contributed by atoms with van der Waals surface area (Å²) in [5.74, 6) is -1.63. The minimum absolute atomic E-state index is 0.136. The van der Waals surface area contributed by atoms with Crippen molar-refractivity contribution in [2.75, 3.05) is 0 Å². The van der Waals surface area contributed by atoms with Crippen molar-refractivity contribution in [2.45, 2.75) is 19.4 Å². The summed E-state index contributed by atoms with van der Waals surface area (Å²) in [7, 11) is 1.66. The van der Waals surface area contributed by atoms with E-state index in [1.165, 1.54) is 4.68 Å². The van der Waals surface area contributed by atoms with E-state index in [1.807, 2.05) is 30.3 Å². The number of carbonyl (C=O) groups excluding carboxylic acids is 1. The molecule has 7 heteroatoms. The van der Waals surface area contributed by atoms with Gasteiger partial charge in [-0.3, -0.25) is 9.48 Å². The molecule has 1 atom stereocenters. The highest BCUT2D eigenvalue weighted by atomic mass is 16.4. The van der Waals surface area contributed by atoms with Crippen LogP contribution in [0.4, 0.5) is 0 Å². The summed E-state index contributed by atoms with van der Waals surface area (Å²) in [6.45, 7) is 1.70. The number of carboxylic acids is 1. The maximum atomic E-state index is 12.1. The maximum Gasteiger partial charge on any atom is 0.326 e. The fraction of sp³-hybridized carbons (Fsp3) is 0.286. The summed E-state index contributed by atoms with van der Waals surface area (Å²) in [5, 5.41) is 19.2. The molecule has 0 saturated heterocycles. The SMILES string of the molecule is Cc1c(C(=O)N[C@H](Cc2ccccc2)C(=O)O)nnn1C. The summed E-state index contributed by atoms with van der Waals surface area (Å²) in [6.07, 6.45) is 0.210. The summed E-state index contributed by atoms with van der Waals surface area (Å²) in [4.78, 5) is 23.4. The monoisotopic (exact) mass is 288 g/mol. The number of carboxylic acid groups (broad SMARTS) is 1. The third-order valence-electron chi connectivity index (χ3n) is 3.21. The summed E-state index contributed by atoms with van der Waals surface area (Å²) < 4.78 is 1.46. The number of hydrogen-bond donors (Lipinski definition) is 2. The van der Waals surface area contributed by atoms with Gasteiger partial charge in [0.1, 0.15) is 6.04 Å². The van der Waals surface area contributed by atoms with Gasteiger partial charge in [0.15, 0.2) is 5.69 Å². The Kier molecular flexibility index (Phi) is 4.32. The van der Waals surface area contributed by atoms with E-state index >= 15 is 0 Å². The average molecular weight is 288 g/mol. The van der Waals surface area contributed by atoms with E-state index in [0.717, 1.165) is 5.56 Å². The number of aliphatic carboxylic acids is 1. The second-order valence-electron chi connectivity index (χ2n) is 4.70. The molecular weight excluding hydrogens is 272 g/mol. The first-order valence-electron chi connectivity index (χ1n) is 6.43. The molecule has 0 aliphatic heterocycles. The maximum absolute atomic E-state index is 12.1. The van der Waals surface area contributed by atoms with E-state index in [2.05, 4.69) is 15.6 Å². The molecule has 0 radical (unpaired) electrons. The van der Waals surface area contributed by atoms with Crippen molar-refractivity contribution in [3.63, 3.8) is 0 Å². The van der Waals surface area contributed by atoms with Crippen molar-refractivity contribution in [2.24, 2.45) is 7.05 Å². The molecule has 1 aromatic carbocycles. The van der Waals surface area contributed by atoms with Crippen LogP contribution in [0.25, 0.3) is 0 Å². The number of carbonyl (C=O) groups is 2. The van der Waals surface area contributed by atoms with Gasteiger partial charge in [-0.2, -0.15) is 0 Å². The van der Waals surface area contributed by atoms with Crippen LogP contribution in [0.5, 0.6) is 0 Å². The number of amides is 1. The Bertz CT molecular complexity index is 651. The van der Waals surface area contributed by atoms with Crippen molar-refractivity contribution in [1.29, 1.82) is 0 Å². The number of benzene rings is 1. The Morgan fingerprint density at radius 1 is 1.33 bits per heavy atom. The molecule has 110 valence electrons. The Morgan fingerprint density at radius 2 is 2.00 bits per heavy atom. The largest absolute Gasteiger partial charge is 0.480 e. The van der Waals surface area contributed by atoms with Crippen LogP contribution < -0.4 is 5.32 Å². The fourth-order valence-corrected chi connectivity index (χ4v) is 1.89. The van der Waals surface area contributed by atoms with Crippen LogP contribution in [0, 0.1) is 6.92 Å². The Labute approximate surface area is 121 Å². The third-order valence-corrected chi connectivity index (χ3v) is 3.21. The number of nitrogens with one attached hydrogen (secondary N) is 1. The van der Waals surface area contributed by atoms with Gasteiger partial charge in [0.25, 0.3) is 5.91 Å². The van der Waals surface area contributed by atoms with Crippen LogP contribution in [0.2, 0.25) is 0 Å². The molecule has 21 heavy (non-hydrogen) atoms. The van der Waals surface area contributed by atoms with E-state index in [0.29, 0.717) is 5.69 Å². The second kappa shape index (κ2) is 6.17. The van der Waals surface area contributed by atoms with Gasteiger partial charge in [-0.05, 0) is 12.5 Å². The summed E-state index contributed by atoms with van der Waals surface area (Å²) in [6, 6.07) is 8.11.